The van der Waals surface area contributed by atoms with Crippen molar-refractivity contribution < 1.29 is 31.2 Å². The molecule has 1 aliphatic rings. The van der Waals surface area contributed by atoms with Crippen LogP contribution in [0, 0.1) is 6.92 Å². The molecule has 1 amide bonds. The van der Waals surface area contributed by atoms with Crippen molar-refractivity contribution in [3.8, 4) is 0 Å². The minimum Gasteiger partial charge on any atom is -0.452 e. The van der Waals surface area contributed by atoms with Gasteiger partial charge in [-0.3, -0.25) is 4.79 Å². The van der Waals surface area contributed by atoms with Crippen LogP contribution in [0.1, 0.15) is 35.2 Å². The normalized spacial score (nSPS) is 15.1. The second-order valence-corrected chi connectivity index (χ2v) is 11.1. The van der Waals surface area contributed by atoms with Gasteiger partial charge in [-0.2, -0.15) is 4.31 Å². The number of rotatable bonds is 7. The number of sulfonamides is 2. The van der Waals surface area contributed by atoms with Gasteiger partial charge in [0.05, 0.1) is 15.4 Å². The maximum atomic E-state index is 13.0. The van der Waals surface area contributed by atoms with Crippen LogP contribution in [-0.2, 0) is 29.6 Å². The van der Waals surface area contributed by atoms with Crippen molar-refractivity contribution in [3.63, 3.8) is 0 Å². The topological polar surface area (TPSA) is 153 Å². The van der Waals surface area contributed by atoms with E-state index >= 15 is 0 Å². The molecule has 3 N–H and O–H groups in total. The molecule has 2 aromatic rings. The number of nitrogens with zero attached hydrogens (tertiary/aromatic N) is 1. The van der Waals surface area contributed by atoms with Gasteiger partial charge in [0.1, 0.15) is 0 Å². The molecule has 0 unspecified atom stereocenters. The SMILES string of the molecule is Cc1ccc(C(=O)OCC(=O)Nc2ccc(S(N)(=O)=O)cc2)cc1S(=O)(=O)N1CCCCC1. The summed E-state index contributed by atoms with van der Waals surface area (Å²) in [7, 11) is -7.59. The van der Waals surface area contributed by atoms with Crippen molar-refractivity contribution in [3.05, 3.63) is 53.6 Å². The van der Waals surface area contributed by atoms with E-state index in [1.54, 1.807) is 6.92 Å². The lowest BCUT2D eigenvalue weighted by molar-refractivity contribution is -0.119. The molecule has 1 heterocycles. The Balaban J connectivity index is 1.64. The van der Waals surface area contributed by atoms with Crippen LogP contribution in [0.25, 0.3) is 0 Å². The Kier molecular flexibility index (Phi) is 7.52. The summed E-state index contributed by atoms with van der Waals surface area (Å²) in [6, 6.07) is 9.39. The summed E-state index contributed by atoms with van der Waals surface area (Å²) in [5, 5.41) is 7.48. The van der Waals surface area contributed by atoms with E-state index in [2.05, 4.69) is 5.32 Å². The van der Waals surface area contributed by atoms with E-state index < -0.39 is 38.5 Å². The minimum atomic E-state index is -3.85. The molecule has 0 aromatic heterocycles. The van der Waals surface area contributed by atoms with E-state index in [-0.39, 0.29) is 21.0 Å². The largest absolute Gasteiger partial charge is 0.452 e. The van der Waals surface area contributed by atoms with Crippen molar-refractivity contribution in [2.24, 2.45) is 5.14 Å². The van der Waals surface area contributed by atoms with Crippen LogP contribution in [-0.4, -0.2) is 52.7 Å². The zero-order valence-corrected chi connectivity index (χ0v) is 19.6. The average molecular weight is 496 g/mol. The predicted molar refractivity (Wildman–Crippen MR) is 121 cm³/mol. The fourth-order valence-corrected chi connectivity index (χ4v) is 5.67. The number of carbonyl (C=O) groups excluding carboxylic acids is 2. The number of aryl methyl sites for hydroxylation is 1. The number of esters is 1. The van der Waals surface area contributed by atoms with Gasteiger partial charge >= 0.3 is 5.97 Å². The van der Waals surface area contributed by atoms with E-state index in [9.17, 15) is 26.4 Å². The first-order valence-corrected chi connectivity index (χ1v) is 13.2. The van der Waals surface area contributed by atoms with Gasteiger partial charge in [0.25, 0.3) is 5.91 Å². The fourth-order valence-electron chi connectivity index (χ4n) is 3.39. The number of hydrogen-bond acceptors (Lipinski definition) is 7. The molecule has 0 aliphatic carbocycles. The van der Waals surface area contributed by atoms with Gasteiger partial charge in [-0.15, -0.1) is 0 Å². The van der Waals surface area contributed by atoms with Crippen LogP contribution >= 0.6 is 0 Å². The second-order valence-electron chi connectivity index (χ2n) is 7.64. The Bertz CT molecular complexity index is 1250. The first-order valence-electron chi connectivity index (χ1n) is 10.2. The summed E-state index contributed by atoms with van der Waals surface area (Å²) in [4.78, 5) is 24.4. The molecule has 3 rings (SSSR count). The highest BCUT2D eigenvalue weighted by atomic mass is 32.2. The number of hydrogen-bond donors (Lipinski definition) is 2. The molecular weight excluding hydrogens is 470 g/mol. The van der Waals surface area contributed by atoms with Gasteiger partial charge in [-0.25, -0.2) is 26.8 Å². The van der Waals surface area contributed by atoms with Gasteiger partial charge in [0.2, 0.25) is 20.0 Å². The third kappa shape index (κ3) is 6.16. The van der Waals surface area contributed by atoms with Gasteiger partial charge in [0.15, 0.2) is 6.61 Å². The van der Waals surface area contributed by atoms with Crippen molar-refractivity contribution in [2.75, 3.05) is 25.0 Å². The lowest BCUT2D eigenvalue weighted by Gasteiger charge is -2.26. The van der Waals surface area contributed by atoms with Crippen LogP contribution in [0.15, 0.2) is 52.3 Å². The molecule has 0 atom stereocenters. The van der Waals surface area contributed by atoms with Gasteiger partial charge in [0, 0.05) is 18.8 Å². The highest BCUT2D eigenvalue weighted by Gasteiger charge is 2.28. The smallest absolute Gasteiger partial charge is 0.338 e. The number of benzene rings is 2. The van der Waals surface area contributed by atoms with Crippen LogP contribution in [0.4, 0.5) is 5.69 Å². The van der Waals surface area contributed by atoms with E-state index in [4.69, 9.17) is 9.88 Å². The number of nitrogens with one attached hydrogen (secondary N) is 1. The molecule has 178 valence electrons. The Hall–Kier alpha value is -2.80. The maximum Gasteiger partial charge on any atom is 0.338 e. The number of ether oxygens (including phenoxy) is 1. The zero-order valence-electron chi connectivity index (χ0n) is 18.0. The summed E-state index contributed by atoms with van der Waals surface area (Å²) in [6.45, 7) is 1.92. The van der Waals surface area contributed by atoms with Crippen LogP contribution in [0.2, 0.25) is 0 Å². The van der Waals surface area contributed by atoms with E-state index in [0.29, 0.717) is 18.7 Å². The summed E-state index contributed by atoms with van der Waals surface area (Å²) in [6.07, 6.45) is 2.56. The number of anilines is 1. The van der Waals surface area contributed by atoms with Gasteiger partial charge in [-0.05, 0) is 61.7 Å². The molecule has 33 heavy (non-hydrogen) atoms. The highest BCUT2D eigenvalue weighted by molar-refractivity contribution is 7.89. The first kappa shape index (κ1) is 24.8. The predicted octanol–water partition coefficient (Wildman–Crippen LogP) is 1.61. The summed E-state index contributed by atoms with van der Waals surface area (Å²) in [5.74, 6) is -1.50. The van der Waals surface area contributed by atoms with Crippen molar-refractivity contribution in [2.45, 2.75) is 36.0 Å². The van der Waals surface area contributed by atoms with Crippen molar-refractivity contribution in [1.82, 2.24) is 4.31 Å². The molecule has 12 heteroatoms. The number of primary sulfonamides is 1. The number of nitrogens with two attached hydrogens (primary N) is 1. The first-order chi connectivity index (χ1) is 15.5. The summed E-state index contributed by atoms with van der Waals surface area (Å²) >= 11 is 0. The Labute approximate surface area is 192 Å². The fraction of sp³-hybridized carbons (Fsp3) is 0.333. The number of carbonyl (C=O) groups is 2. The molecule has 10 nitrogen and oxygen atoms in total. The molecule has 0 radical (unpaired) electrons. The standard InChI is InChI=1S/C21H25N3O7S2/c1-15-5-6-16(13-19(15)33(29,30)24-11-3-2-4-12-24)21(26)31-14-20(25)23-17-7-9-18(10-8-17)32(22,27)28/h5-10,13H,2-4,11-12,14H2,1H3,(H,23,25)(H2,22,27,28). The maximum absolute atomic E-state index is 13.0. The highest BCUT2D eigenvalue weighted by Crippen LogP contribution is 2.24. The van der Waals surface area contributed by atoms with E-state index in [1.807, 2.05) is 0 Å². The molecule has 2 aromatic carbocycles. The lowest BCUT2D eigenvalue weighted by atomic mass is 10.1. The Morgan fingerprint density at radius 3 is 2.24 bits per heavy atom. The molecular formula is C21H25N3O7S2. The third-order valence-corrected chi connectivity index (χ3v) is 8.13. The molecule has 0 spiro atoms. The number of amides is 1. The van der Waals surface area contributed by atoms with Gasteiger partial charge < -0.3 is 10.1 Å². The summed E-state index contributed by atoms with van der Waals surface area (Å²) < 4.78 is 55.0. The molecule has 1 fully saturated rings. The Morgan fingerprint density at radius 2 is 1.64 bits per heavy atom. The average Bonchev–Trinajstić information content (AvgIpc) is 2.78. The number of piperidine rings is 1. The lowest BCUT2D eigenvalue weighted by Crippen LogP contribution is -2.36. The van der Waals surface area contributed by atoms with Crippen LogP contribution in [0.5, 0.6) is 0 Å². The quantitative estimate of drug-likeness (QED) is 0.553. The minimum absolute atomic E-state index is 0.0153. The van der Waals surface area contributed by atoms with Crippen molar-refractivity contribution in [1.29, 1.82) is 0 Å². The van der Waals surface area contributed by atoms with Gasteiger partial charge in [-0.1, -0.05) is 12.5 Å². The molecule has 1 aliphatic heterocycles. The van der Waals surface area contributed by atoms with Crippen molar-refractivity contribution >= 4 is 37.6 Å². The van der Waals surface area contributed by atoms with Crippen LogP contribution < -0.4 is 10.5 Å². The second kappa shape index (κ2) is 10.00. The van der Waals surface area contributed by atoms with E-state index in [0.717, 1.165) is 19.3 Å². The zero-order chi connectivity index (χ0) is 24.2. The summed E-state index contributed by atoms with van der Waals surface area (Å²) in [5.41, 5.74) is 0.813. The third-order valence-electron chi connectivity index (χ3n) is 5.16. The molecule has 1 saturated heterocycles. The van der Waals surface area contributed by atoms with E-state index in [1.165, 1.54) is 46.8 Å². The monoisotopic (exact) mass is 495 g/mol. The molecule has 0 bridgehead atoms. The Morgan fingerprint density at radius 1 is 1.00 bits per heavy atom. The van der Waals surface area contributed by atoms with Crippen LogP contribution in [0.3, 0.4) is 0 Å². The molecule has 0 saturated carbocycles.